The Bertz CT molecular complexity index is 616. The molecule has 0 unspecified atom stereocenters. The normalized spacial score (nSPS) is 10.3. The minimum Gasteiger partial charge on any atom is -0.488 e. The van der Waals surface area contributed by atoms with Crippen molar-refractivity contribution in [2.75, 3.05) is 0 Å². The minimum atomic E-state index is -0.330. The maximum atomic E-state index is 13.1. The fraction of sp³-hybridized carbons (Fsp3) is 0.0714. The smallest absolute Gasteiger partial charge is 0.153 e. The summed E-state index contributed by atoms with van der Waals surface area (Å²) in [6.07, 6.45) is 0.682. The van der Waals surface area contributed by atoms with Crippen LogP contribution >= 0.6 is 27.5 Å². The molecule has 0 amide bonds. The fourth-order valence-corrected chi connectivity index (χ4v) is 2.14. The van der Waals surface area contributed by atoms with Crippen molar-refractivity contribution in [2.24, 2.45) is 0 Å². The number of carbonyl (C=O) groups excluding carboxylic acids is 1. The van der Waals surface area contributed by atoms with Crippen LogP contribution in [0.2, 0.25) is 5.02 Å². The molecule has 0 aliphatic rings. The van der Waals surface area contributed by atoms with Crippen LogP contribution in [-0.4, -0.2) is 6.29 Å². The van der Waals surface area contributed by atoms with Gasteiger partial charge in [-0.05, 0) is 51.8 Å². The van der Waals surface area contributed by atoms with Gasteiger partial charge in [-0.25, -0.2) is 4.39 Å². The Morgan fingerprint density at radius 1 is 1.26 bits per heavy atom. The van der Waals surface area contributed by atoms with E-state index in [9.17, 15) is 9.18 Å². The lowest BCUT2D eigenvalue weighted by molar-refractivity contribution is 0.111. The first-order chi connectivity index (χ1) is 9.10. The van der Waals surface area contributed by atoms with E-state index in [1.54, 1.807) is 24.3 Å². The molecule has 2 aromatic carbocycles. The van der Waals surface area contributed by atoms with Gasteiger partial charge in [-0.2, -0.15) is 0 Å². The van der Waals surface area contributed by atoms with Crippen molar-refractivity contribution in [3.05, 3.63) is 62.8 Å². The second kappa shape index (κ2) is 6.17. The molecule has 2 aromatic rings. The number of hydrogen-bond acceptors (Lipinski definition) is 2. The summed E-state index contributed by atoms with van der Waals surface area (Å²) >= 11 is 8.89. The topological polar surface area (TPSA) is 26.3 Å². The molecule has 98 valence electrons. The maximum Gasteiger partial charge on any atom is 0.153 e. The minimum absolute atomic E-state index is 0.237. The van der Waals surface area contributed by atoms with Crippen molar-refractivity contribution in [3.63, 3.8) is 0 Å². The van der Waals surface area contributed by atoms with Crippen LogP contribution in [0.1, 0.15) is 15.9 Å². The van der Waals surface area contributed by atoms with Gasteiger partial charge in [-0.15, -0.1) is 0 Å². The fourth-order valence-electron chi connectivity index (χ4n) is 1.53. The Hall–Kier alpha value is -1.39. The van der Waals surface area contributed by atoms with Crippen LogP contribution in [0.3, 0.4) is 0 Å². The van der Waals surface area contributed by atoms with Crippen molar-refractivity contribution < 1.29 is 13.9 Å². The maximum absolute atomic E-state index is 13.1. The lowest BCUT2D eigenvalue weighted by Crippen LogP contribution is -1.98. The molecule has 0 saturated carbocycles. The largest absolute Gasteiger partial charge is 0.488 e. The van der Waals surface area contributed by atoms with E-state index >= 15 is 0 Å². The number of halogens is 3. The molecular formula is C14H9BrClFO2. The zero-order valence-electron chi connectivity index (χ0n) is 9.70. The highest BCUT2D eigenvalue weighted by Gasteiger charge is 2.05. The molecule has 0 aliphatic heterocycles. The summed E-state index contributed by atoms with van der Waals surface area (Å²) in [6, 6.07) is 9.41. The quantitative estimate of drug-likeness (QED) is 0.756. The van der Waals surface area contributed by atoms with Gasteiger partial charge in [0.15, 0.2) is 6.29 Å². The van der Waals surface area contributed by atoms with Crippen LogP contribution in [0.4, 0.5) is 4.39 Å². The van der Waals surface area contributed by atoms with Crippen molar-refractivity contribution in [3.8, 4) is 5.75 Å². The van der Waals surface area contributed by atoms with Gasteiger partial charge in [-0.1, -0.05) is 17.7 Å². The monoisotopic (exact) mass is 342 g/mol. The summed E-state index contributed by atoms with van der Waals surface area (Å²) in [5.74, 6) is 0.115. The van der Waals surface area contributed by atoms with Crippen LogP contribution < -0.4 is 4.74 Å². The first kappa shape index (κ1) is 14.0. The van der Waals surface area contributed by atoms with E-state index in [-0.39, 0.29) is 12.4 Å². The molecule has 0 atom stereocenters. The predicted octanol–water partition coefficient (Wildman–Crippen LogP) is 4.63. The number of hydrogen-bond donors (Lipinski definition) is 0. The van der Waals surface area contributed by atoms with Crippen molar-refractivity contribution >= 4 is 33.8 Å². The average Bonchev–Trinajstić information content (AvgIpc) is 2.41. The number of benzene rings is 2. The van der Waals surface area contributed by atoms with E-state index in [1.165, 1.54) is 12.1 Å². The lowest BCUT2D eigenvalue weighted by Gasteiger charge is -2.09. The van der Waals surface area contributed by atoms with E-state index in [1.807, 2.05) is 0 Å². The standard InChI is InChI=1S/C14H9BrClFO2/c15-12-5-9(1-3-13(12)17)8-19-14-4-2-11(16)6-10(14)7-18/h1-7H,8H2. The summed E-state index contributed by atoms with van der Waals surface area (Å²) in [5.41, 5.74) is 1.17. The first-order valence-electron chi connectivity index (χ1n) is 5.41. The van der Waals surface area contributed by atoms with Crippen molar-refractivity contribution in [1.82, 2.24) is 0 Å². The number of carbonyl (C=O) groups is 1. The number of ether oxygens (including phenoxy) is 1. The molecule has 5 heteroatoms. The summed E-state index contributed by atoms with van der Waals surface area (Å²) < 4.78 is 19.0. The summed E-state index contributed by atoms with van der Waals surface area (Å²) in [4.78, 5) is 10.9. The zero-order chi connectivity index (χ0) is 13.8. The van der Waals surface area contributed by atoms with E-state index in [2.05, 4.69) is 15.9 Å². The molecule has 0 N–H and O–H groups in total. The second-order valence-electron chi connectivity index (χ2n) is 3.84. The Labute approximate surface area is 123 Å². The molecule has 0 heterocycles. The Morgan fingerprint density at radius 3 is 2.74 bits per heavy atom. The van der Waals surface area contributed by atoms with Gasteiger partial charge in [0, 0.05) is 5.02 Å². The third-order valence-electron chi connectivity index (χ3n) is 2.48. The van der Waals surface area contributed by atoms with Crippen LogP contribution in [0.25, 0.3) is 0 Å². The van der Waals surface area contributed by atoms with E-state index in [0.717, 1.165) is 5.56 Å². The Kier molecular flexibility index (Phi) is 4.56. The Morgan fingerprint density at radius 2 is 2.05 bits per heavy atom. The van der Waals surface area contributed by atoms with Gasteiger partial charge in [0.05, 0.1) is 10.0 Å². The van der Waals surface area contributed by atoms with Gasteiger partial charge >= 0.3 is 0 Å². The third kappa shape index (κ3) is 3.55. The lowest BCUT2D eigenvalue weighted by atomic mass is 10.2. The van der Waals surface area contributed by atoms with Gasteiger partial charge < -0.3 is 4.74 Å². The SMILES string of the molecule is O=Cc1cc(Cl)ccc1OCc1ccc(F)c(Br)c1. The highest BCUT2D eigenvalue weighted by atomic mass is 79.9. The molecule has 0 aromatic heterocycles. The molecule has 0 radical (unpaired) electrons. The van der Waals surface area contributed by atoms with Crippen LogP contribution in [0, 0.1) is 5.82 Å². The van der Waals surface area contributed by atoms with E-state index < -0.39 is 0 Å². The van der Waals surface area contributed by atoms with Crippen molar-refractivity contribution in [2.45, 2.75) is 6.61 Å². The summed E-state index contributed by atoms with van der Waals surface area (Å²) in [5, 5.41) is 0.471. The van der Waals surface area contributed by atoms with E-state index in [0.29, 0.717) is 27.1 Å². The third-order valence-corrected chi connectivity index (χ3v) is 3.32. The average molecular weight is 344 g/mol. The highest BCUT2D eigenvalue weighted by Crippen LogP contribution is 2.23. The number of rotatable bonds is 4. The predicted molar refractivity (Wildman–Crippen MR) is 75.3 cm³/mol. The summed E-state index contributed by atoms with van der Waals surface area (Å²) in [7, 11) is 0. The molecule has 0 bridgehead atoms. The van der Waals surface area contributed by atoms with Crippen molar-refractivity contribution in [1.29, 1.82) is 0 Å². The van der Waals surface area contributed by atoms with Gasteiger partial charge in [0.2, 0.25) is 0 Å². The summed E-state index contributed by atoms with van der Waals surface area (Å²) in [6.45, 7) is 0.237. The molecule has 19 heavy (non-hydrogen) atoms. The molecule has 2 rings (SSSR count). The van der Waals surface area contributed by atoms with Crippen LogP contribution in [0.15, 0.2) is 40.9 Å². The first-order valence-corrected chi connectivity index (χ1v) is 6.58. The van der Waals surface area contributed by atoms with Crippen LogP contribution in [0.5, 0.6) is 5.75 Å². The van der Waals surface area contributed by atoms with E-state index in [4.69, 9.17) is 16.3 Å². The molecule has 0 spiro atoms. The van der Waals surface area contributed by atoms with Gasteiger partial charge in [-0.3, -0.25) is 4.79 Å². The number of aldehydes is 1. The second-order valence-corrected chi connectivity index (χ2v) is 5.13. The molecule has 0 aliphatic carbocycles. The van der Waals surface area contributed by atoms with Gasteiger partial charge in [0.1, 0.15) is 18.2 Å². The van der Waals surface area contributed by atoms with Gasteiger partial charge in [0.25, 0.3) is 0 Å². The molecule has 0 saturated heterocycles. The molecule has 0 fully saturated rings. The Balaban J connectivity index is 2.14. The molecular weight excluding hydrogens is 335 g/mol. The zero-order valence-corrected chi connectivity index (χ0v) is 12.0. The highest BCUT2D eigenvalue weighted by molar-refractivity contribution is 9.10. The van der Waals surface area contributed by atoms with Crippen LogP contribution in [-0.2, 0) is 6.61 Å². The molecule has 2 nitrogen and oxygen atoms in total.